The number of amides is 1. The van der Waals surface area contributed by atoms with Gasteiger partial charge in [0.2, 0.25) is 5.91 Å². The summed E-state index contributed by atoms with van der Waals surface area (Å²) in [4.78, 5) is 12.6. The molecule has 0 saturated carbocycles. The van der Waals surface area contributed by atoms with Crippen molar-refractivity contribution in [1.29, 1.82) is 0 Å². The number of halogens is 2. The van der Waals surface area contributed by atoms with Gasteiger partial charge in [0.25, 0.3) is 6.43 Å². The van der Waals surface area contributed by atoms with Crippen LogP contribution in [0.25, 0.3) is 0 Å². The van der Waals surface area contributed by atoms with Crippen LogP contribution in [0.3, 0.4) is 0 Å². The Kier molecular flexibility index (Phi) is 5.08. The lowest BCUT2D eigenvalue weighted by Crippen LogP contribution is -2.48. The first-order valence-electron chi connectivity index (χ1n) is 5.54. The Bertz CT molecular complexity index is 230. The summed E-state index contributed by atoms with van der Waals surface area (Å²) in [6.45, 7) is 3.21. The molecule has 0 aromatic heterocycles. The minimum atomic E-state index is -2.33. The second kappa shape index (κ2) is 6.10. The number of likely N-dealkylation sites (tertiary alicyclic amines) is 1. The predicted molar refractivity (Wildman–Crippen MR) is 57.3 cm³/mol. The molecule has 0 radical (unpaired) electrons. The predicted octanol–water partition coefficient (Wildman–Crippen LogP) is 0.179. The quantitative estimate of drug-likeness (QED) is 0.714. The van der Waals surface area contributed by atoms with Crippen LogP contribution in [-0.4, -0.2) is 49.0 Å². The Labute approximate surface area is 94.2 Å². The van der Waals surface area contributed by atoms with Crippen LogP contribution in [0.4, 0.5) is 8.78 Å². The van der Waals surface area contributed by atoms with Crippen molar-refractivity contribution in [2.24, 2.45) is 5.73 Å². The third kappa shape index (κ3) is 4.40. The minimum absolute atomic E-state index is 0.119. The molecule has 0 spiro atoms. The Morgan fingerprint density at radius 3 is 2.50 bits per heavy atom. The zero-order valence-electron chi connectivity index (χ0n) is 9.46. The molecule has 1 unspecified atom stereocenters. The maximum atomic E-state index is 12.3. The Balaban J connectivity index is 2.24. The maximum Gasteiger partial charge on any atom is 0.253 e. The summed E-state index contributed by atoms with van der Waals surface area (Å²) in [6, 6.07) is -0.652. The second-order valence-electron chi connectivity index (χ2n) is 4.31. The number of hydrogen-bond donors (Lipinski definition) is 2. The third-order valence-corrected chi connectivity index (χ3v) is 2.84. The molecule has 1 atom stereocenters. The maximum absolute atomic E-state index is 12.3. The molecule has 1 rings (SSSR count). The van der Waals surface area contributed by atoms with Gasteiger partial charge in [-0.1, -0.05) is 0 Å². The minimum Gasteiger partial charge on any atom is -0.369 e. The molecule has 1 aliphatic heterocycles. The SMILES string of the molecule is CC(NC1CCN(CC(N)=O)CC1)C(F)F. The molecule has 1 fully saturated rings. The van der Waals surface area contributed by atoms with Gasteiger partial charge in [-0.05, 0) is 19.8 Å². The Hall–Kier alpha value is -0.750. The van der Waals surface area contributed by atoms with Crippen LogP contribution in [0.2, 0.25) is 0 Å². The van der Waals surface area contributed by atoms with Gasteiger partial charge in [-0.15, -0.1) is 0 Å². The fraction of sp³-hybridized carbons (Fsp3) is 0.900. The first-order chi connectivity index (χ1) is 7.49. The highest BCUT2D eigenvalue weighted by atomic mass is 19.3. The molecule has 16 heavy (non-hydrogen) atoms. The van der Waals surface area contributed by atoms with Crippen molar-refractivity contribution in [2.45, 2.75) is 38.3 Å². The molecule has 0 bridgehead atoms. The summed E-state index contributed by atoms with van der Waals surface area (Å²) >= 11 is 0. The van der Waals surface area contributed by atoms with E-state index in [0.717, 1.165) is 25.9 Å². The molecule has 1 amide bonds. The number of alkyl halides is 2. The molecule has 6 heteroatoms. The van der Waals surface area contributed by atoms with Crippen LogP contribution < -0.4 is 11.1 Å². The summed E-state index contributed by atoms with van der Waals surface area (Å²) in [7, 11) is 0. The van der Waals surface area contributed by atoms with Gasteiger partial charge in [0.05, 0.1) is 12.6 Å². The molecular weight excluding hydrogens is 216 g/mol. The first kappa shape index (κ1) is 13.3. The summed E-state index contributed by atoms with van der Waals surface area (Å²) < 4.78 is 24.6. The highest BCUT2D eigenvalue weighted by molar-refractivity contribution is 5.75. The smallest absolute Gasteiger partial charge is 0.253 e. The van der Waals surface area contributed by atoms with Crippen molar-refractivity contribution in [3.05, 3.63) is 0 Å². The van der Waals surface area contributed by atoms with E-state index in [0.29, 0.717) is 0 Å². The van der Waals surface area contributed by atoms with Gasteiger partial charge in [-0.25, -0.2) is 8.78 Å². The lowest BCUT2D eigenvalue weighted by molar-refractivity contribution is -0.119. The van der Waals surface area contributed by atoms with E-state index >= 15 is 0 Å². The normalized spacial score (nSPS) is 21.2. The summed E-state index contributed by atoms with van der Waals surface area (Å²) in [5.41, 5.74) is 5.08. The third-order valence-electron chi connectivity index (χ3n) is 2.84. The van der Waals surface area contributed by atoms with E-state index in [9.17, 15) is 13.6 Å². The van der Waals surface area contributed by atoms with Crippen LogP contribution in [0.5, 0.6) is 0 Å². The van der Waals surface area contributed by atoms with Crippen LogP contribution in [0, 0.1) is 0 Å². The van der Waals surface area contributed by atoms with Crippen molar-refractivity contribution in [1.82, 2.24) is 10.2 Å². The molecule has 4 nitrogen and oxygen atoms in total. The fourth-order valence-electron chi connectivity index (χ4n) is 1.92. The molecular formula is C10H19F2N3O. The molecule has 1 heterocycles. The lowest BCUT2D eigenvalue weighted by atomic mass is 10.0. The van der Waals surface area contributed by atoms with E-state index in [2.05, 4.69) is 5.32 Å². The van der Waals surface area contributed by atoms with E-state index < -0.39 is 12.5 Å². The van der Waals surface area contributed by atoms with Gasteiger partial charge in [0, 0.05) is 19.1 Å². The van der Waals surface area contributed by atoms with Crippen LogP contribution in [0.1, 0.15) is 19.8 Å². The van der Waals surface area contributed by atoms with Crippen molar-refractivity contribution in [3.8, 4) is 0 Å². The van der Waals surface area contributed by atoms with E-state index in [1.807, 2.05) is 4.90 Å². The molecule has 0 aromatic rings. The number of carbonyl (C=O) groups excluding carboxylic acids is 1. The number of rotatable bonds is 5. The highest BCUT2D eigenvalue weighted by Crippen LogP contribution is 2.12. The van der Waals surface area contributed by atoms with Crippen LogP contribution >= 0.6 is 0 Å². The van der Waals surface area contributed by atoms with Gasteiger partial charge in [0.1, 0.15) is 0 Å². The largest absolute Gasteiger partial charge is 0.369 e. The Morgan fingerprint density at radius 2 is 2.06 bits per heavy atom. The van der Waals surface area contributed by atoms with Crippen LogP contribution in [0.15, 0.2) is 0 Å². The lowest BCUT2D eigenvalue weighted by Gasteiger charge is -2.33. The highest BCUT2D eigenvalue weighted by Gasteiger charge is 2.23. The number of piperidine rings is 1. The van der Waals surface area contributed by atoms with Crippen molar-refractivity contribution in [3.63, 3.8) is 0 Å². The summed E-state index contributed by atoms with van der Waals surface area (Å²) in [5, 5.41) is 2.90. The van der Waals surface area contributed by atoms with E-state index in [4.69, 9.17) is 5.73 Å². The number of nitrogens with one attached hydrogen (secondary N) is 1. The summed E-state index contributed by atoms with van der Waals surface area (Å²) in [6.07, 6.45) is -0.766. The van der Waals surface area contributed by atoms with Crippen LogP contribution in [-0.2, 0) is 4.79 Å². The zero-order chi connectivity index (χ0) is 12.1. The van der Waals surface area contributed by atoms with Crippen molar-refractivity contribution < 1.29 is 13.6 Å². The fourth-order valence-corrected chi connectivity index (χ4v) is 1.92. The number of primary amides is 1. The zero-order valence-corrected chi connectivity index (χ0v) is 9.46. The topological polar surface area (TPSA) is 58.4 Å². The molecule has 1 aliphatic rings. The number of nitrogens with two attached hydrogens (primary N) is 1. The van der Waals surface area contributed by atoms with Crippen molar-refractivity contribution in [2.75, 3.05) is 19.6 Å². The van der Waals surface area contributed by atoms with Gasteiger partial charge >= 0.3 is 0 Å². The Morgan fingerprint density at radius 1 is 1.50 bits per heavy atom. The van der Waals surface area contributed by atoms with Gasteiger partial charge in [-0.3, -0.25) is 9.69 Å². The summed E-state index contributed by atoms with van der Waals surface area (Å²) in [5.74, 6) is -0.340. The second-order valence-corrected chi connectivity index (χ2v) is 4.31. The molecule has 94 valence electrons. The van der Waals surface area contributed by atoms with Gasteiger partial charge < -0.3 is 11.1 Å². The van der Waals surface area contributed by atoms with E-state index in [1.54, 1.807) is 0 Å². The van der Waals surface area contributed by atoms with Gasteiger partial charge in [-0.2, -0.15) is 0 Å². The van der Waals surface area contributed by atoms with Crippen molar-refractivity contribution >= 4 is 5.91 Å². The number of hydrogen-bond acceptors (Lipinski definition) is 3. The standard InChI is InChI=1S/C10H19F2N3O/c1-7(10(11)12)14-8-2-4-15(5-3-8)6-9(13)16/h7-8,10,14H,2-6H2,1H3,(H2,13,16). The molecule has 0 aromatic carbocycles. The molecule has 0 aliphatic carbocycles. The average Bonchev–Trinajstić information content (AvgIpc) is 2.20. The van der Waals surface area contributed by atoms with E-state index in [1.165, 1.54) is 6.92 Å². The monoisotopic (exact) mass is 235 g/mol. The number of carbonyl (C=O) groups is 1. The molecule has 3 N–H and O–H groups in total. The van der Waals surface area contributed by atoms with Gasteiger partial charge in [0.15, 0.2) is 0 Å². The average molecular weight is 235 g/mol. The molecule has 1 saturated heterocycles. The van der Waals surface area contributed by atoms with E-state index in [-0.39, 0.29) is 18.5 Å². The first-order valence-corrected chi connectivity index (χ1v) is 5.54. The number of nitrogens with zero attached hydrogens (tertiary/aromatic N) is 1.